The normalized spacial score (nSPS) is 15.3. The molecular formula is C16H16Br2N2O3S. The van der Waals surface area contributed by atoms with Crippen LogP contribution in [0.25, 0.3) is 0 Å². The summed E-state index contributed by atoms with van der Waals surface area (Å²) in [6.45, 7) is 2.96. The van der Waals surface area contributed by atoms with Crippen LogP contribution in [0.4, 0.5) is 11.4 Å². The Hall–Kier alpha value is -1.09. The first-order chi connectivity index (χ1) is 11.5. The van der Waals surface area contributed by atoms with Crippen molar-refractivity contribution in [3.05, 3.63) is 51.4 Å². The third-order valence-electron chi connectivity index (χ3n) is 3.66. The standard InChI is InChI=1S/C16H16Br2N2O3S/c17-12-4-5-15(18)16(10-12)24(21,22)19-13-2-1-3-14(11-13)20-6-8-23-9-7-20/h1-5,10-11,19H,6-9H2. The first kappa shape index (κ1) is 17.7. The zero-order chi connectivity index (χ0) is 17.2. The molecule has 0 aromatic heterocycles. The van der Waals surface area contributed by atoms with E-state index in [-0.39, 0.29) is 4.90 Å². The SMILES string of the molecule is O=S(=O)(Nc1cccc(N2CCOCC2)c1)c1cc(Br)ccc1Br. The molecule has 1 saturated heterocycles. The summed E-state index contributed by atoms with van der Waals surface area (Å²) in [5.74, 6) is 0. The topological polar surface area (TPSA) is 58.6 Å². The summed E-state index contributed by atoms with van der Waals surface area (Å²) >= 11 is 6.60. The molecule has 0 aliphatic carbocycles. The maximum atomic E-state index is 12.7. The van der Waals surface area contributed by atoms with Crippen LogP contribution in [-0.2, 0) is 14.8 Å². The number of hydrogen-bond acceptors (Lipinski definition) is 4. The van der Waals surface area contributed by atoms with Crippen molar-refractivity contribution in [2.24, 2.45) is 0 Å². The monoisotopic (exact) mass is 474 g/mol. The van der Waals surface area contributed by atoms with Crippen LogP contribution in [0.3, 0.4) is 0 Å². The fourth-order valence-electron chi connectivity index (χ4n) is 2.48. The number of anilines is 2. The van der Waals surface area contributed by atoms with Gasteiger partial charge in [0.25, 0.3) is 10.0 Å². The zero-order valence-electron chi connectivity index (χ0n) is 12.7. The maximum Gasteiger partial charge on any atom is 0.263 e. The van der Waals surface area contributed by atoms with Gasteiger partial charge >= 0.3 is 0 Å². The minimum Gasteiger partial charge on any atom is -0.378 e. The van der Waals surface area contributed by atoms with Crippen LogP contribution in [0.1, 0.15) is 0 Å². The van der Waals surface area contributed by atoms with Crippen molar-refractivity contribution in [1.29, 1.82) is 0 Å². The highest BCUT2D eigenvalue weighted by molar-refractivity contribution is 9.11. The zero-order valence-corrected chi connectivity index (χ0v) is 16.7. The van der Waals surface area contributed by atoms with E-state index < -0.39 is 10.0 Å². The number of rotatable bonds is 4. The van der Waals surface area contributed by atoms with Crippen molar-refractivity contribution in [1.82, 2.24) is 0 Å². The molecule has 8 heteroatoms. The van der Waals surface area contributed by atoms with Gasteiger partial charge in [0.1, 0.15) is 4.90 Å². The summed E-state index contributed by atoms with van der Waals surface area (Å²) in [5.41, 5.74) is 1.51. The molecule has 0 saturated carbocycles. The third-order valence-corrected chi connectivity index (χ3v) is 6.53. The second-order valence-electron chi connectivity index (χ2n) is 5.33. The van der Waals surface area contributed by atoms with E-state index in [1.807, 2.05) is 18.2 Å². The van der Waals surface area contributed by atoms with Gasteiger partial charge in [0, 0.05) is 27.7 Å². The predicted octanol–water partition coefficient (Wildman–Crippen LogP) is 3.85. The van der Waals surface area contributed by atoms with Crippen LogP contribution >= 0.6 is 31.9 Å². The minimum atomic E-state index is -3.68. The molecule has 0 amide bonds. The molecule has 1 N–H and O–H groups in total. The van der Waals surface area contributed by atoms with Gasteiger partial charge in [-0.2, -0.15) is 0 Å². The maximum absolute atomic E-state index is 12.7. The lowest BCUT2D eigenvalue weighted by Gasteiger charge is -2.29. The van der Waals surface area contributed by atoms with Gasteiger partial charge in [0.05, 0.1) is 18.9 Å². The van der Waals surface area contributed by atoms with Crippen LogP contribution in [0.15, 0.2) is 56.3 Å². The smallest absolute Gasteiger partial charge is 0.263 e. The Kier molecular flexibility index (Phi) is 5.49. The molecule has 24 heavy (non-hydrogen) atoms. The fourth-order valence-corrected chi connectivity index (χ4v) is 5.03. The summed E-state index contributed by atoms with van der Waals surface area (Å²) < 4.78 is 34.5. The molecule has 0 spiro atoms. The molecule has 1 aliphatic rings. The molecule has 0 unspecified atom stereocenters. The molecule has 128 valence electrons. The summed E-state index contributed by atoms with van der Waals surface area (Å²) in [7, 11) is -3.68. The Bertz CT molecular complexity index is 837. The lowest BCUT2D eigenvalue weighted by atomic mass is 10.2. The van der Waals surface area contributed by atoms with Crippen molar-refractivity contribution in [2.75, 3.05) is 35.9 Å². The average Bonchev–Trinajstić information content (AvgIpc) is 2.57. The predicted molar refractivity (Wildman–Crippen MR) is 102 cm³/mol. The highest BCUT2D eigenvalue weighted by atomic mass is 79.9. The average molecular weight is 476 g/mol. The van der Waals surface area contributed by atoms with Crippen molar-refractivity contribution in [3.8, 4) is 0 Å². The first-order valence-corrected chi connectivity index (χ1v) is 10.4. The molecule has 1 heterocycles. The molecule has 0 bridgehead atoms. The van der Waals surface area contributed by atoms with Gasteiger partial charge in [0.15, 0.2) is 0 Å². The molecule has 1 fully saturated rings. The van der Waals surface area contributed by atoms with Crippen LogP contribution in [0.2, 0.25) is 0 Å². The van der Waals surface area contributed by atoms with Crippen LogP contribution in [-0.4, -0.2) is 34.7 Å². The summed E-state index contributed by atoms with van der Waals surface area (Å²) in [5, 5.41) is 0. The van der Waals surface area contributed by atoms with Crippen molar-refractivity contribution in [3.63, 3.8) is 0 Å². The largest absolute Gasteiger partial charge is 0.378 e. The second kappa shape index (κ2) is 7.43. The second-order valence-corrected chi connectivity index (χ2v) is 8.75. The van der Waals surface area contributed by atoms with E-state index in [1.54, 1.807) is 24.3 Å². The first-order valence-electron chi connectivity index (χ1n) is 7.36. The van der Waals surface area contributed by atoms with E-state index in [1.165, 1.54) is 0 Å². The lowest BCUT2D eigenvalue weighted by molar-refractivity contribution is 0.122. The molecular weight excluding hydrogens is 460 g/mol. The number of morpholine rings is 1. The van der Waals surface area contributed by atoms with Crippen LogP contribution < -0.4 is 9.62 Å². The summed E-state index contributed by atoms with van der Waals surface area (Å²) in [6.07, 6.45) is 0. The van der Waals surface area contributed by atoms with E-state index >= 15 is 0 Å². The van der Waals surface area contributed by atoms with Gasteiger partial charge in [0.2, 0.25) is 0 Å². The van der Waals surface area contributed by atoms with E-state index in [4.69, 9.17) is 4.74 Å². The van der Waals surface area contributed by atoms with Gasteiger partial charge in [-0.25, -0.2) is 8.42 Å². The van der Waals surface area contributed by atoms with Crippen LogP contribution in [0.5, 0.6) is 0 Å². The Morgan fingerprint density at radius 3 is 2.54 bits per heavy atom. The molecule has 2 aromatic rings. The van der Waals surface area contributed by atoms with E-state index in [0.29, 0.717) is 27.8 Å². The Labute approximate surface area is 158 Å². The number of nitrogens with zero attached hydrogens (tertiary/aromatic N) is 1. The van der Waals surface area contributed by atoms with Crippen molar-refractivity contribution >= 4 is 53.3 Å². The summed E-state index contributed by atoms with van der Waals surface area (Å²) in [6, 6.07) is 12.4. The number of nitrogens with one attached hydrogen (secondary N) is 1. The quantitative estimate of drug-likeness (QED) is 0.729. The number of sulfonamides is 1. The van der Waals surface area contributed by atoms with E-state index in [9.17, 15) is 8.42 Å². The molecule has 0 atom stereocenters. The third kappa shape index (κ3) is 4.11. The van der Waals surface area contributed by atoms with Gasteiger partial charge in [-0.1, -0.05) is 22.0 Å². The van der Waals surface area contributed by atoms with Crippen molar-refractivity contribution < 1.29 is 13.2 Å². The van der Waals surface area contributed by atoms with Gasteiger partial charge in [-0.3, -0.25) is 4.72 Å². The molecule has 1 aliphatic heterocycles. The molecule has 5 nitrogen and oxygen atoms in total. The molecule has 2 aromatic carbocycles. The van der Waals surface area contributed by atoms with Gasteiger partial charge < -0.3 is 9.64 Å². The fraction of sp³-hybridized carbons (Fsp3) is 0.250. The van der Waals surface area contributed by atoms with Gasteiger partial charge in [-0.15, -0.1) is 0 Å². The lowest BCUT2D eigenvalue weighted by Crippen LogP contribution is -2.36. The Morgan fingerprint density at radius 1 is 1.04 bits per heavy atom. The van der Waals surface area contributed by atoms with E-state index in [2.05, 4.69) is 41.5 Å². The molecule has 3 rings (SSSR count). The number of benzene rings is 2. The van der Waals surface area contributed by atoms with Gasteiger partial charge in [-0.05, 0) is 52.3 Å². The highest BCUT2D eigenvalue weighted by Crippen LogP contribution is 2.28. The number of hydrogen-bond donors (Lipinski definition) is 1. The molecule has 0 radical (unpaired) electrons. The Morgan fingerprint density at radius 2 is 1.79 bits per heavy atom. The van der Waals surface area contributed by atoms with Crippen LogP contribution in [0, 0.1) is 0 Å². The number of ether oxygens (including phenoxy) is 1. The van der Waals surface area contributed by atoms with E-state index in [0.717, 1.165) is 18.8 Å². The Balaban J connectivity index is 1.86. The van der Waals surface area contributed by atoms with Crippen molar-refractivity contribution in [2.45, 2.75) is 4.90 Å². The minimum absolute atomic E-state index is 0.189. The highest BCUT2D eigenvalue weighted by Gasteiger charge is 2.19. The summed E-state index contributed by atoms with van der Waals surface area (Å²) in [4.78, 5) is 2.37. The number of halogens is 2.